The minimum atomic E-state index is -0.00415. The van der Waals surface area contributed by atoms with Crippen LogP contribution in [0.1, 0.15) is 20.3 Å². The summed E-state index contributed by atoms with van der Waals surface area (Å²) in [6.45, 7) is 6.90. The van der Waals surface area contributed by atoms with E-state index in [4.69, 9.17) is 11.6 Å². The zero-order chi connectivity index (χ0) is 14.7. The molecule has 0 aromatic heterocycles. The van der Waals surface area contributed by atoms with Crippen LogP contribution in [0.2, 0.25) is 5.02 Å². The van der Waals surface area contributed by atoms with Crippen molar-refractivity contribution in [1.29, 1.82) is 0 Å². The minimum absolute atomic E-state index is 0.00415. The number of benzene rings is 1. The third-order valence-corrected chi connectivity index (χ3v) is 4.32. The molecule has 0 radical (unpaired) electrons. The molecule has 2 rings (SSSR count). The van der Waals surface area contributed by atoms with Gasteiger partial charge in [0.15, 0.2) is 0 Å². The van der Waals surface area contributed by atoms with Gasteiger partial charge in [-0.25, -0.2) is 0 Å². The lowest BCUT2D eigenvalue weighted by Gasteiger charge is -2.34. The third kappa shape index (κ3) is 4.47. The molecule has 1 aromatic carbocycles. The van der Waals surface area contributed by atoms with Gasteiger partial charge < -0.3 is 5.32 Å². The van der Waals surface area contributed by atoms with E-state index in [1.54, 1.807) is 6.07 Å². The molecule has 3 nitrogen and oxygen atoms in total. The van der Waals surface area contributed by atoms with Crippen molar-refractivity contribution in [3.8, 4) is 0 Å². The van der Waals surface area contributed by atoms with Crippen molar-refractivity contribution in [2.45, 2.75) is 20.3 Å². The number of piperidine rings is 1. The molecule has 1 aliphatic rings. The van der Waals surface area contributed by atoms with E-state index in [0.29, 0.717) is 29.1 Å². The number of amides is 1. The van der Waals surface area contributed by atoms with Crippen LogP contribution in [0.3, 0.4) is 0 Å². The van der Waals surface area contributed by atoms with Crippen molar-refractivity contribution >= 4 is 39.1 Å². The molecule has 1 aliphatic heterocycles. The lowest BCUT2D eigenvalue weighted by molar-refractivity contribution is -0.117. The highest BCUT2D eigenvalue weighted by Crippen LogP contribution is 2.26. The molecule has 0 bridgehead atoms. The maximum Gasteiger partial charge on any atom is 0.238 e. The molecular weight excluding hydrogens is 340 g/mol. The zero-order valence-electron chi connectivity index (χ0n) is 11.8. The standard InChI is InChI=1S/C15H20BrClN2O/c1-10-5-11(2)8-19(7-10)9-15(20)18-14-4-3-12(16)6-13(14)17/h3-4,6,10-11H,5,7-9H2,1-2H3,(H,18,20). The second-order valence-electron chi connectivity index (χ2n) is 5.81. The minimum Gasteiger partial charge on any atom is -0.324 e. The van der Waals surface area contributed by atoms with Crippen molar-refractivity contribution in [3.05, 3.63) is 27.7 Å². The highest BCUT2D eigenvalue weighted by atomic mass is 79.9. The van der Waals surface area contributed by atoms with Crippen LogP contribution in [0.25, 0.3) is 0 Å². The van der Waals surface area contributed by atoms with Gasteiger partial charge in [0.2, 0.25) is 5.91 Å². The average molecular weight is 360 g/mol. The summed E-state index contributed by atoms with van der Waals surface area (Å²) in [7, 11) is 0. The summed E-state index contributed by atoms with van der Waals surface area (Å²) in [5.74, 6) is 1.31. The predicted octanol–water partition coefficient (Wildman–Crippen LogP) is 4.02. The molecule has 1 heterocycles. The highest BCUT2D eigenvalue weighted by molar-refractivity contribution is 9.10. The van der Waals surface area contributed by atoms with Gasteiger partial charge in [-0.15, -0.1) is 0 Å². The summed E-state index contributed by atoms with van der Waals surface area (Å²) < 4.78 is 0.902. The molecule has 2 atom stereocenters. The molecule has 0 aliphatic carbocycles. The topological polar surface area (TPSA) is 32.3 Å². The van der Waals surface area contributed by atoms with Crippen LogP contribution in [0.5, 0.6) is 0 Å². The number of nitrogens with zero attached hydrogens (tertiary/aromatic N) is 1. The molecule has 0 spiro atoms. The number of hydrogen-bond acceptors (Lipinski definition) is 2. The Labute approximate surface area is 133 Å². The Hall–Kier alpha value is -0.580. The number of carbonyl (C=O) groups is 1. The fourth-order valence-corrected chi connectivity index (χ4v) is 3.63. The Morgan fingerprint density at radius 1 is 1.40 bits per heavy atom. The van der Waals surface area contributed by atoms with Gasteiger partial charge in [-0.1, -0.05) is 41.4 Å². The maximum absolute atomic E-state index is 12.1. The van der Waals surface area contributed by atoms with E-state index < -0.39 is 0 Å². The van der Waals surface area contributed by atoms with E-state index in [-0.39, 0.29) is 5.91 Å². The monoisotopic (exact) mass is 358 g/mol. The third-order valence-electron chi connectivity index (χ3n) is 3.52. The van der Waals surface area contributed by atoms with Crippen LogP contribution in [-0.4, -0.2) is 30.4 Å². The smallest absolute Gasteiger partial charge is 0.238 e. The van der Waals surface area contributed by atoms with E-state index in [1.807, 2.05) is 12.1 Å². The van der Waals surface area contributed by atoms with Crippen molar-refractivity contribution in [1.82, 2.24) is 4.90 Å². The Bertz CT molecular complexity index is 485. The van der Waals surface area contributed by atoms with Crippen molar-refractivity contribution in [2.75, 3.05) is 25.0 Å². The summed E-state index contributed by atoms with van der Waals surface area (Å²) in [6.07, 6.45) is 1.25. The number of halogens is 2. The van der Waals surface area contributed by atoms with Gasteiger partial charge in [-0.3, -0.25) is 9.69 Å². The molecule has 20 heavy (non-hydrogen) atoms. The number of hydrogen-bond donors (Lipinski definition) is 1. The molecule has 5 heteroatoms. The SMILES string of the molecule is CC1CC(C)CN(CC(=O)Nc2ccc(Br)cc2Cl)C1. The van der Waals surface area contributed by atoms with Crippen molar-refractivity contribution in [2.24, 2.45) is 11.8 Å². The maximum atomic E-state index is 12.1. The number of rotatable bonds is 3. The summed E-state index contributed by atoms with van der Waals surface area (Å²) in [5.41, 5.74) is 0.665. The highest BCUT2D eigenvalue weighted by Gasteiger charge is 2.23. The van der Waals surface area contributed by atoms with Crippen LogP contribution in [-0.2, 0) is 4.79 Å². The van der Waals surface area contributed by atoms with Crippen LogP contribution in [0.4, 0.5) is 5.69 Å². The first-order valence-corrected chi connectivity index (χ1v) is 8.08. The molecule has 1 amide bonds. The van der Waals surface area contributed by atoms with E-state index >= 15 is 0 Å². The molecule has 1 saturated heterocycles. The van der Waals surface area contributed by atoms with Gasteiger partial charge in [0.1, 0.15) is 0 Å². The lowest BCUT2D eigenvalue weighted by Crippen LogP contribution is -2.42. The van der Waals surface area contributed by atoms with Gasteiger partial charge >= 0.3 is 0 Å². The fraction of sp³-hybridized carbons (Fsp3) is 0.533. The van der Waals surface area contributed by atoms with E-state index in [1.165, 1.54) is 6.42 Å². The predicted molar refractivity (Wildman–Crippen MR) is 87.2 cm³/mol. The first-order valence-electron chi connectivity index (χ1n) is 6.91. The van der Waals surface area contributed by atoms with Gasteiger partial charge in [0, 0.05) is 17.6 Å². The number of likely N-dealkylation sites (tertiary alicyclic amines) is 1. The molecule has 110 valence electrons. The van der Waals surface area contributed by atoms with Crippen molar-refractivity contribution in [3.63, 3.8) is 0 Å². The van der Waals surface area contributed by atoms with Gasteiger partial charge in [0.25, 0.3) is 0 Å². The Balaban J connectivity index is 1.92. The quantitative estimate of drug-likeness (QED) is 0.884. The molecule has 2 unspecified atom stereocenters. The summed E-state index contributed by atoms with van der Waals surface area (Å²) in [5, 5.41) is 3.43. The molecular formula is C15H20BrClN2O. The first kappa shape index (κ1) is 15.8. The van der Waals surface area contributed by atoms with Gasteiger partial charge in [-0.05, 0) is 36.5 Å². The first-order chi connectivity index (χ1) is 9.44. The number of anilines is 1. The largest absolute Gasteiger partial charge is 0.324 e. The second-order valence-corrected chi connectivity index (χ2v) is 7.14. The summed E-state index contributed by atoms with van der Waals surface area (Å²) in [6, 6.07) is 5.46. The van der Waals surface area contributed by atoms with Gasteiger partial charge in [0.05, 0.1) is 17.3 Å². The number of nitrogens with one attached hydrogen (secondary N) is 1. The Morgan fingerprint density at radius 3 is 2.65 bits per heavy atom. The van der Waals surface area contributed by atoms with Gasteiger partial charge in [-0.2, -0.15) is 0 Å². The van der Waals surface area contributed by atoms with Crippen LogP contribution < -0.4 is 5.32 Å². The number of carbonyl (C=O) groups excluding carboxylic acids is 1. The molecule has 1 N–H and O–H groups in total. The van der Waals surface area contributed by atoms with E-state index in [2.05, 4.69) is 40.0 Å². The fourth-order valence-electron chi connectivity index (χ4n) is 2.90. The van der Waals surface area contributed by atoms with Crippen molar-refractivity contribution < 1.29 is 4.79 Å². The van der Waals surface area contributed by atoms with Crippen LogP contribution in [0.15, 0.2) is 22.7 Å². The normalized spacial score (nSPS) is 23.6. The summed E-state index contributed by atoms with van der Waals surface area (Å²) >= 11 is 9.45. The lowest BCUT2D eigenvalue weighted by atomic mass is 9.92. The molecule has 1 aromatic rings. The molecule has 1 fully saturated rings. The second kappa shape index (κ2) is 6.92. The van der Waals surface area contributed by atoms with Crippen LogP contribution in [0, 0.1) is 11.8 Å². The van der Waals surface area contributed by atoms with E-state index in [9.17, 15) is 4.79 Å². The summed E-state index contributed by atoms with van der Waals surface area (Å²) in [4.78, 5) is 14.3. The average Bonchev–Trinajstić information content (AvgIpc) is 2.31. The van der Waals surface area contributed by atoms with E-state index in [0.717, 1.165) is 17.6 Å². The zero-order valence-corrected chi connectivity index (χ0v) is 14.2. The Kier molecular flexibility index (Phi) is 5.47. The Morgan fingerprint density at radius 2 is 2.05 bits per heavy atom. The van der Waals surface area contributed by atoms with Crippen LogP contribution >= 0.6 is 27.5 Å². The molecule has 0 saturated carbocycles.